The van der Waals surface area contributed by atoms with Crippen LogP contribution in [0.5, 0.6) is 11.5 Å². The van der Waals surface area contributed by atoms with Gasteiger partial charge in [-0.3, -0.25) is 0 Å². The van der Waals surface area contributed by atoms with E-state index in [0.717, 1.165) is 28.0 Å². The molecule has 1 N–H and O–H groups in total. The molecule has 1 aliphatic rings. The number of hydrogen-bond acceptors (Lipinski definition) is 4. The number of carbonyl (C=O) groups excluding carboxylic acids is 1. The van der Waals surface area contributed by atoms with Gasteiger partial charge in [0.1, 0.15) is 17.1 Å². The van der Waals surface area contributed by atoms with E-state index in [1.54, 1.807) is 24.3 Å². The van der Waals surface area contributed by atoms with E-state index < -0.39 is 5.60 Å². The zero-order valence-electron chi connectivity index (χ0n) is 13.8. The van der Waals surface area contributed by atoms with Crippen molar-refractivity contribution >= 4 is 5.97 Å². The molecule has 0 radical (unpaired) electrons. The Balaban J connectivity index is 2.30. The van der Waals surface area contributed by atoms with E-state index in [9.17, 15) is 9.90 Å². The molecule has 0 saturated heterocycles. The van der Waals surface area contributed by atoms with Crippen molar-refractivity contribution in [3.8, 4) is 22.6 Å². The van der Waals surface area contributed by atoms with Crippen LogP contribution in [0.1, 0.15) is 35.3 Å². The fourth-order valence-corrected chi connectivity index (χ4v) is 3.22. The van der Waals surface area contributed by atoms with Gasteiger partial charge >= 0.3 is 5.97 Å². The molecule has 0 saturated carbocycles. The maximum atomic E-state index is 11.9. The summed E-state index contributed by atoms with van der Waals surface area (Å²) in [6.07, 6.45) is 0.666. The molecule has 0 atom stereocenters. The Hall–Kier alpha value is -2.49. The molecule has 3 rings (SSSR count). The lowest BCUT2D eigenvalue weighted by Crippen LogP contribution is -2.30. The Morgan fingerprint density at radius 2 is 2.00 bits per heavy atom. The molecular formula is C19H20O4. The van der Waals surface area contributed by atoms with E-state index in [4.69, 9.17) is 9.47 Å². The van der Waals surface area contributed by atoms with Crippen molar-refractivity contribution in [1.82, 2.24) is 0 Å². The highest BCUT2D eigenvalue weighted by Crippen LogP contribution is 2.43. The number of hydrogen-bond donors (Lipinski definition) is 1. The summed E-state index contributed by atoms with van der Waals surface area (Å²) in [5.74, 6) is 0.592. The first-order valence-electron chi connectivity index (χ1n) is 7.55. The van der Waals surface area contributed by atoms with E-state index in [-0.39, 0.29) is 11.7 Å². The second-order valence-corrected chi connectivity index (χ2v) is 6.54. The van der Waals surface area contributed by atoms with Gasteiger partial charge in [-0.2, -0.15) is 0 Å². The third kappa shape index (κ3) is 2.77. The van der Waals surface area contributed by atoms with Crippen LogP contribution in [-0.2, 0) is 11.2 Å². The Morgan fingerprint density at radius 3 is 2.70 bits per heavy atom. The number of aromatic hydroxyl groups is 1. The van der Waals surface area contributed by atoms with Crippen LogP contribution in [0.3, 0.4) is 0 Å². The van der Waals surface area contributed by atoms with Gasteiger partial charge in [-0.25, -0.2) is 4.79 Å². The number of ether oxygens (including phenoxy) is 2. The monoisotopic (exact) mass is 312 g/mol. The van der Waals surface area contributed by atoms with Crippen molar-refractivity contribution in [3.05, 3.63) is 47.0 Å². The molecule has 0 unspecified atom stereocenters. The normalized spacial score (nSPS) is 15.0. The molecular weight excluding hydrogens is 292 g/mol. The predicted octanol–water partition coefficient (Wildman–Crippen LogP) is 3.87. The lowest BCUT2D eigenvalue weighted by atomic mass is 9.89. The van der Waals surface area contributed by atoms with Crippen LogP contribution in [0.15, 0.2) is 30.3 Å². The van der Waals surface area contributed by atoms with Gasteiger partial charge in [-0.05, 0) is 67.8 Å². The van der Waals surface area contributed by atoms with Crippen LogP contribution < -0.4 is 4.74 Å². The molecule has 0 spiro atoms. The number of benzene rings is 2. The zero-order chi connectivity index (χ0) is 16.8. The smallest absolute Gasteiger partial charge is 0.337 e. The van der Waals surface area contributed by atoms with Gasteiger partial charge in [0.05, 0.1) is 12.7 Å². The molecule has 0 fully saturated rings. The minimum atomic E-state index is -0.410. The first-order valence-corrected chi connectivity index (χ1v) is 7.55. The molecule has 23 heavy (non-hydrogen) atoms. The minimum Gasteiger partial charge on any atom is -0.508 e. The molecule has 2 aromatic carbocycles. The lowest BCUT2D eigenvalue weighted by molar-refractivity contribution is 0.0600. The van der Waals surface area contributed by atoms with E-state index in [0.29, 0.717) is 12.0 Å². The highest BCUT2D eigenvalue weighted by molar-refractivity contribution is 5.92. The average Bonchev–Trinajstić information content (AvgIpc) is 2.57. The fraction of sp³-hybridized carbons (Fsp3) is 0.316. The van der Waals surface area contributed by atoms with Crippen molar-refractivity contribution < 1.29 is 19.4 Å². The van der Waals surface area contributed by atoms with Crippen LogP contribution in [0.4, 0.5) is 0 Å². The van der Waals surface area contributed by atoms with Gasteiger partial charge in [-0.15, -0.1) is 0 Å². The number of carbonyl (C=O) groups is 1. The number of phenols is 1. The molecule has 0 aromatic heterocycles. The van der Waals surface area contributed by atoms with Crippen LogP contribution in [0, 0.1) is 6.92 Å². The van der Waals surface area contributed by atoms with Gasteiger partial charge in [0.15, 0.2) is 0 Å². The maximum absolute atomic E-state index is 11.9. The van der Waals surface area contributed by atoms with E-state index >= 15 is 0 Å². The van der Waals surface area contributed by atoms with Crippen molar-refractivity contribution in [2.45, 2.75) is 32.8 Å². The number of esters is 1. The Kier molecular flexibility index (Phi) is 3.55. The summed E-state index contributed by atoms with van der Waals surface area (Å²) in [5.41, 5.74) is 3.89. The third-order valence-corrected chi connectivity index (χ3v) is 4.07. The number of methoxy groups -OCH3 is 1. The van der Waals surface area contributed by atoms with Crippen LogP contribution in [0.25, 0.3) is 11.1 Å². The number of fused-ring (bicyclic) bond motifs is 3. The van der Waals surface area contributed by atoms with Crippen molar-refractivity contribution in [3.63, 3.8) is 0 Å². The SMILES string of the molecule is COC(=O)c1ccc2c(c1)-c1c(C)cc(O)cc1CC(C)(C)O2. The quantitative estimate of drug-likeness (QED) is 0.812. The fourth-order valence-electron chi connectivity index (χ4n) is 3.22. The van der Waals surface area contributed by atoms with Crippen LogP contribution in [-0.4, -0.2) is 23.8 Å². The van der Waals surface area contributed by atoms with Crippen LogP contribution >= 0.6 is 0 Å². The molecule has 0 bridgehead atoms. The summed E-state index contributed by atoms with van der Waals surface area (Å²) in [6, 6.07) is 8.82. The summed E-state index contributed by atoms with van der Waals surface area (Å²) < 4.78 is 11.0. The third-order valence-electron chi connectivity index (χ3n) is 4.07. The summed E-state index contributed by atoms with van der Waals surface area (Å²) in [4.78, 5) is 11.9. The van der Waals surface area contributed by atoms with Crippen molar-refractivity contribution in [1.29, 1.82) is 0 Å². The van der Waals surface area contributed by atoms with Gasteiger partial charge in [-0.1, -0.05) is 0 Å². The van der Waals surface area contributed by atoms with Gasteiger partial charge in [0, 0.05) is 12.0 Å². The van der Waals surface area contributed by atoms with Crippen LogP contribution in [0.2, 0.25) is 0 Å². The molecule has 120 valence electrons. The number of aryl methyl sites for hydroxylation is 1. The summed E-state index contributed by atoms with van der Waals surface area (Å²) >= 11 is 0. The summed E-state index contributed by atoms with van der Waals surface area (Å²) in [5, 5.41) is 9.95. The topological polar surface area (TPSA) is 55.8 Å². The number of rotatable bonds is 1. The van der Waals surface area contributed by atoms with E-state index in [1.807, 2.05) is 26.8 Å². The Bertz CT molecular complexity index is 790. The van der Waals surface area contributed by atoms with E-state index in [1.165, 1.54) is 7.11 Å². The van der Waals surface area contributed by atoms with Crippen molar-refractivity contribution in [2.75, 3.05) is 7.11 Å². The molecule has 4 nitrogen and oxygen atoms in total. The molecule has 1 aliphatic heterocycles. The molecule has 0 aliphatic carbocycles. The highest BCUT2D eigenvalue weighted by Gasteiger charge is 2.30. The largest absolute Gasteiger partial charge is 0.508 e. The van der Waals surface area contributed by atoms with Crippen molar-refractivity contribution in [2.24, 2.45) is 0 Å². The summed E-state index contributed by atoms with van der Waals surface area (Å²) in [6.45, 7) is 5.98. The Morgan fingerprint density at radius 1 is 1.26 bits per heavy atom. The molecule has 1 heterocycles. The maximum Gasteiger partial charge on any atom is 0.337 e. The second kappa shape index (κ2) is 5.30. The molecule has 0 amide bonds. The van der Waals surface area contributed by atoms with Gasteiger partial charge < -0.3 is 14.6 Å². The first kappa shape index (κ1) is 15.4. The van der Waals surface area contributed by atoms with Gasteiger partial charge in [0.2, 0.25) is 0 Å². The first-order chi connectivity index (χ1) is 10.8. The van der Waals surface area contributed by atoms with E-state index in [2.05, 4.69) is 0 Å². The highest BCUT2D eigenvalue weighted by atomic mass is 16.5. The standard InChI is InChI=1S/C19H20O4/c1-11-7-14(20)8-13-10-19(2,3)23-16-6-5-12(18(21)22-4)9-15(16)17(11)13/h5-9,20H,10H2,1-4H3. The molecule has 4 heteroatoms. The Labute approximate surface area is 135 Å². The van der Waals surface area contributed by atoms with Gasteiger partial charge in [0.25, 0.3) is 0 Å². The lowest BCUT2D eigenvalue weighted by Gasteiger charge is -2.25. The average molecular weight is 312 g/mol. The predicted molar refractivity (Wildman–Crippen MR) is 88.0 cm³/mol. The number of phenolic OH excluding ortho intramolecular Hbond substituents is 1. The zero-order valence-corrected chi connectivity index (χ0v) is 13.8. The summed E-state index contributed by atoms with van der Waals surface area (Å²) in [7, 11) is 1.37. The minimum absolute atomic E-state index is 0.240. The second-order valence-electron chi connectivity index (χ2n) is 6.54. The molecule has 2 aromatic rings.